The summed E-state index contributed by atoms with van der Waals surface area (Å²) in [4.78, 5) is 14.1. The van der Waals surface area contributed by atoms with E-state index < -0.39 is 11.4 Å². The summed E-state index contributed by atoms with van der Waals surface area (Å²) in [5, 5.41) is 3.09. The molecule has 0 amide bonds. The number of hydrogen-bond donors (Lipinski definition) is 1. The van der Waals surface area contributed by atoms with Gasteiger partial charge in [0.25, 0.3) is 0 Å². The maximum Gasteiger partial charge on any atom is 0.308 e. The van der Waals surface area contributed by atoms with Crippen LogP contribution in [0.5, 0.6) is 11.5 Å². The van der Waals surface area contributed by atoms with Crippen molar-refractivity contribution in [2.45, 2.75) is 13.5 Å². The van der Waals surface area contributed by atoms with E-state index in [1.54, 1.807) is 26.4 Å². The number of benzene rings is 2. The molecule has 0 atom stereocenters. The molecule has 2 aromatic carbocycles. The number of rotatable bonds is 5. The lowest BCUT2D eigenvalue weighted by Gasteiger charge is -2.11. The Morgan fingerprint density at radius 3 is 2.24 bits per heavy atom. The Kier molecular flexibility index (Phi) is 7.70. The van der Waals surface area contributed by atoms with Crippen molar-refractivity contribution in [3.63, 3.8) is 0 Å². The lowest BCUT2D eigenvalue weighted by molar-refractivity contribution is 0.355. The molecule has 1 N–H and O–H groups in total. The molecule has 154 valence electrons. The number of halogens is 2. The monoisotopic (exact) mass is 403 g/mol. The maximum atomic E-state index is 12.9. The Morgan fingerprint density at radius 2 is 1.69 bits per heavy atom. The molecule has 1 heterocycles. The Hall–Kier alpha value is -3.42. The number of aromatic nitrogens is 2. The molecule has 3 rings (SSSR count). The largest absolute Gasteiger partial charge is 0.493 e. The number of ether oxygens (including phenoxy) is 2. The lowest BCUT2D eigenvalue weighted by atomic mass is 10.2. The maximum absolute atomic E-state index is 12.9. The molecule has 0 unspecified atom stereocenters. The van der Waals surface area contributed by atoms with Gasteiger partial charge in [-0.1, -0.05) is 12.1 Å². The van der Waals surface area contributed by atoms with Gasteiger partial charge in [0.2, 0.25) is 5.82 Å². The SMILES string of the molecule is CNc1cc(OC)c(OC)cc1C.O=c1ncn(Cc2ccc(F)cc2)cc1F. The summed E-state index contributed by atoms with van der Waals surface area (Å²) in [6, 6.07) is 9.69. The van der Waals surface area contributed by atoms with Crippen LogP contribution in [0.3, 0.4) is 0 Å². The second kappa shape index (κ2) is 10.2. The van der Waals surface area contributed by atoms with Gasteiger partial charge < -0.3 is 19.4 Å². The molecule has 3 aromatic rings. The highest BCUT2D eigenvalue weighted by atomic mass is 19.1. The predicted molar refractivity (Wildman–Crippen MR) is 108 cm³/mol. The summed E-state index contributed by atoms with van der Waals surface area (Å²) in [5.74, 6) is 0.286. The van der Waals surface area contributed by atoms with Crippen molar-refractivity contribution < 1.29 is 18.3 Å². The third kappa shape index (κ3) is 6.03. The fourth-order valence-corrected chi connectivity index (χ4v) is 2.56. The van der Waals surface area contributed by atoms with Crippen molar-refractivity contribution >= 4 is 5.69 Å². The number of methoxy groups -OCH3 is 2. The number of nitrogens with zero attached hydrogens (tertiary/aromatic N) is 2. The summed E-state index contributed by atoms with van der Waals surface area (Å²) in [5.41, 5.74) is 2.11. The van der Waals surface area contributed by atoms with E-state index in [-0.39, 0.29) is 5.82 Å². The van der Waals surface area contributed by atoms with E-state index in [0.717, 1.165) is 34.5 Å². The molecule has 1 aromatic heterocycles. The number of anilines is 1. The molecular weight excluding hydrogens is 380 g/mol. The molecule has 0 bridgehead atoms. The average molecular weight is 403 g/mol. The molecular formula is C21H23F2N3O3. The first-order chi connectivity index (χ1) is 13.9. The summed E-state index contributed by atoms with van der Waals surface area (Å²) in [6.07, 6.45) is 2.31. The van der Waals surface area contributed by atoms with Crippen LogP contribution in [0.2, 0.25) is 0 Å². The fraction of sp³-hybridized carbons (Fsp3) is 0.238. The topological polar surface area (TPSA) is 65.4 Å². The van der Waals surface area contributed by atoms with E-state index in [0.29, 0.717) is 6.54 Å². The lowest BCUT2D eigenvalue weighted by Crippen LogP contribution is -2.14. The van der Waals surface area contributed by atoms with Crippen molar-refractivity contribution in [2.24, 2.45) is 0 Å². The minimum absolute atomic E-state index is 0.326. The van der Waals surface area contributed by atoms with Crippen LogP contribution in [-0.2, 0) is 6.54 Å². The average Bonchev–Trinajstić information content (AvgIpc) is 2.72. The summed E-state index contributed by atoms with van der Waals surface area (Å²) < 4.78 is 37.3. The van der Waals surface area contributed by atoms with Gasteiger partial charge in [-0.3, -0.25) is 4.79 Å². The smallest absolute Gasteiger partial charge is 0.308 e. The third-order valence-electron chi connectivity index (χ3n) is 4.09. The van der Waals surface area contributed by atoms with Crippen LogP contribution >= 0.6 is 0 Å². The number of nitrogens with one attached hydrogen (secondary N) is 1. The third-order valence-corrected chi connectivity index (χ3v) is 4.09. The van der Waals surface area contributed by atoms with E-state index in [4.69, 9.17) is 9.47 Å². The predicted octanol–water partition coefficient (Wildman–Crippen LogP) is 3.62. The molecule has 29 heavy (non-hydrogen) atoms. The van der Waals surface area contributed by atoms with Crippen molar-refractivity contribution in [3.05, 3.63) is 82.0 Å². The van der Waals surface area contributed by atoms with Crippen molar-refractivity contribution in [1.29, 1.82) is 0 Å². The van der Waals surface area contributed by atoms with Crippen LogP contribution in [0.1, 0.15) is 11.1 Å². The first kappa shape index (κ1) is 21.9. The van der Waals surface area contributed by atoms with Gasteiger partial charge in [0.05, 0.1) is 20.5 Å². The molecule has 0 saturated carbocycles. The number of aryl methyl sites for hydroxylation is 1. The standard InChI is InChI=1S/C11H8F2N2O.C10H15NO2/c12-9-3-1-8(2-4-9)5-15-6-10(13)11(16)14-7-15;1-7-5-9(12-3)10(13-4)6-8(7)11-2/h1-4,6-7H,5H2;5-6,11H,1-4H3. The van der Waals surface area contributed by atoms with E-state index in [2.05, 4.69) is 10.3 Å². The molecule has 0 radical (unpaired) electrons. The molecule has 0 aliphatic heterocycles. The minimum Gasteiger partial charge on any atom is -0.493 e. The summed E-state index contributed by atoms with van der Waals surface area (Å²) in [6.45, 7) is 2.36. The number of hydrogen-bond acceptors (Lipinski definition) is 5. The molecule has 0 aliphatic rings. The van der Waals surface area contributed by atoms with Crippen molar-refractivity contribution in [2.75, 3.05) is 26.6 Å². The first-order valence-electron chi connectivity index (χ1n) is 8.74. The second-order valence-electron chi connectivity index (χ2n) is 6.10. The molecule has 0 fully saturated rings. The zero-order valence-electron chi connectivity index (χ0n) is 16.7. The van der Waals surface area contributed by atoms with Crippen molar-refractivity contribution in [3.8, 4) is 11.5 Å². The fourth-order valence-electron chi connectivity index (χ4n) is 2.56. The highest BCUT2D eigenvalue weighted by molar-refractivity contribution is 5.59. The van der Waals surface area contributed by atoms with Crippen LogP contribution in [0.15, 0.2) is 53.7 Å². The van der Waals surface area contributed by atoms with E-state index in [1.165, 1.54) is 23.0 Å². The highest BCUT2D eigenvalue weighted by Gasteiger charge is 2.06. The Morgan fingerprint density at radius 1 is 1.07 bits per heavy atom. The van der Waals surface area contributed by atoms with Crippen molar-refractivity contribution in [1.82, 2.24) is 9.55 Å². The van der Waals surface area contributed by atoms with Gasteiger partial charge >= 0.3 is 5.56 Å². The Bertz CT molecular complexity index is 1010. The molecule has 0 spiro atoms. The van der Waals surface area contributed by atoms with Crippen LogP contribution in [0.4, 0.5) is 14.5 Å². The van der Waals surface area contributed by atoms with Crippen LogP contribution in [-0.4, -0.2) is 30.8 Å². The van der Waals surface area contributed by atoms with Crippen LogP contribution < -0.4 is 20.3 Å². The quantitative estimate of drug-likeness (QED) is 0.705. The van der Waals surface area contributed by atoms with Gasteiger partial charge in [-0.05, 0) is 36.2 Å². The Balaban J connectivity index is 0.000000212. The molecule has 0 saturated heterocycles. The summed E-state index contributed by atoms with van der Waals surface area (Å²) in [7, 11) is 5.15. The van der Waals surface area contributed by atoms with E-state index in [9.17, 15) is 13.6 Å². The van der Waals surface area contributed by atoms with Crippen LogP contribution in [0, 0.1) is 18.6 Å². The van der Waals surface area contributed by atoms with E-state index in [1.807, 2.05) is 26.1 Å². The molecule has 6 nitrogen and oxygen atoms in total. The van der Waals surface area contributed by atoms with Gasteiger partial charge in [-0.25, -0.2) is 4.39 Å². The van der Waals surface area contributed by atoms with Gasteiger partial charge in [0.1, 0.15) is 5.82 Å². The zero-order valence-corrected chi connectivity index (χ0v) is 16.7. The normalized spacial score (nSPS) is 10.0. The molecule has 0 aliphatic carbocycles. The van der Waals surface area contributed by atoms with Gasteiger partial charge in [-0.15, -0.1) is 0 Å². The first-order valence-corrected chi connectivity index (χ1v) is 8.74. The zero-order chi connectivity index (χ0) is 21.4. The second-order valence-corrected chi connectivity index (χ2v) is 6.10. The summed E-state index contributed by atoms with van der Waals surface area (Å²) >= 11 is 0. The molecule has 8 heteroatoms. The van der Waals surface area contributed by atoms with Gasteiger partial charge in [0, 0.05) is 31.5 Å². The van der Waals surface area contributed by atoms with E-state index >= 15 is 0 Å². The Labute approximate surface area is 167 Å². The minimum atomic E-state index is -0.899. The highest BCUT2D eigenvalue weighted by Crippen LogP contribution is 2.32. The van der Waals surface area contributed by atoms with Gasteiger partial charge in [0.15, 0.2) is 11.5 Å². The van der Waals surface area contributed by atoms with Crippen LogP contribution in [0.25, 0.3) is 0 Å². The van der Waals surface area contributed by atoms with Gasteiger partial charge in [-0.2, -0.15) is 9.37 Å².